The molecule has 0 bridgehead atoms. The van der Waals surface area contributed by atoms with Crippen molar-refractivity contribution >= 4 is 5.78 Å². The highest BCUT2D eigenvalue weighted by molar-refractivity contribution is 5.95. The van der Waals surface area contributed by atoms with Crippen molar-refractivity contribution in [1.29, 1.82) is 0 Å². The van der Waals surface area contributed by atoms with E-state index in [9.17, 15) is 4.79 Å². The molecule has 0 aliphatic heterocycles. The van der Waals surface area contributed by atoms with Crippen LogP contribution in [0.5, 0.6) is 0 Å². The first-order chi connectivity index (χ1) is 6.45. The van der Waals surface area contributed by atoms with E-state index in [2.05, 4.69) is 9.97 Å². The molecular formula is C10H15N3O. The summed E-state index contributed by atoms with van der Waals surface area (Å²) >= 11 is 0. The van der Waals surface area contributed by atoms with E-state index in [0.717, 1.165) is 0 Å². The molecule has 0 unspecified atom stereocenters. The van der Waals surface area contributed by atoms with Crippen LogP contribution in [0.4, 0.5) is 0 Å². The Morgan fingerprint density at radius 3 is 2.64 bits per heavy atom. The second-order valence-corrected chi connectivity index (χ2v) is 4.14. The maximum atomic E-state index is 11.3. The average molecular weight is 193 g/mol. The van der Waals surface area contributed by atoms with Gasteiger partial charge in [-0.2, -0.15) is 0 Å². The minimum absolute atomic E-state index is 0.0133. The number of hydrogen-bond acceptors (Lipinski definition) is 4. The summed E-state index contributed by atoms with van der Waals surface area (Å²) < 4.78 is 0. The molecule has 1 aromatic heterocycles. The van der Waals surface area contributed by atoms with Crippen LogP contribution in [0.3, 0.4) is 0 Å². The Morgan fingerprint density at radius 1 is 1.50 bits per heavy atom. The van der Waals surface area contributed by atoms with Crippen molar-refractivity contribution < 1.29 is 4.79 Å². The third kappa shape index (κ3) is 2.35. The van der Waals surface area contributed by atoms with E-state index >= 15 is 0 Å². The molecule has 0 saturated heterocycles. The zero-order valence-electron chi connectivity index (χ0n) is 8.74. The summed E-state index contributed by atoms with van der Waals surface area (Å²) in [6.45, 7) is 5.98. The van der Waals surface area contributed by atoms with Crippen molar-refractivity contribution in [2.45, 2.75) is 26.2 Å². The SMILES string of the molecule is CC(C)(C)c1nccc(C(=O)CN)n1. The maximum Gasteiger partial charge on any atom is 0.194 e. The molecule has 0 amide bonds. The summed E-state index contributed by atoms with van der Waals surface area (Å²) in [6.07, 6.45) is 1.59. The van der Waals surface area contributed by atoms with Crippen LogP contribution in [0.2, 0.25) is 0 Å². The normalized spacial score (nSPS) is 11.4. The molecule has 0 aliphatic rings. The first-order valence-corrected chi connectivity index (χ1v) is 4.52. The van der Waals surface area contributed by atoms with Gasteiger partial charge in [0.1, 0.15) is 11.5 Å². The fourth-order valence-corrected chi connectivity index (χ4v) is 0.980. The molecule has 1 rings (SSSR count). The van der Waals surface area contributed by atoms with Gasteiger partial charge >= 0.3 is 0 Å². The fraction of sp³-hybridized carbons (Fsp3) is 0.500. The van der Waals surface area contributed by atoms with Gasteiger partial charge < -0.3 is 5.73 Å². The zero-order valence-corrected chi connectivity index (χ0v) is 8.74. The van der Waals surface area contributed by atoms with Gasteiger partial charge in [-0.3, -0.25) is 4.79 Å². The topological polar surface area (TPSA) is 68.9 Å². The molecule has 0 fully saturated rings. The highest BCUT2D eigenvalue weighted by atomic mass is 16.1. The predicted octanol–water partition coefficient (Wildman–Crippen LogP) is 0.915. The molecule has 4 heteroatoms. The van der Waals surface area contributed by atoms with E-state index in [4.69, 9.17) is 5.73 Å². The molecule has 0 aromatic carbocycles. The molecule has 1 aromatic rings. The van der Waals surface area contributed by atoms with Crippen molar-refractivity contribution in [3.63, 3.8) is 0 Å². The summed E-state index contributed by atoms with van der Waals surface area (Å²) in [4.78, 5) is 19.6. The lowest BCUT2D eigenvalue weighted by atomic mass is 9.95. The van der Waals surface area contributed by atoms with E-state index in [1.165, 1.54) is 0 Å². The molecular weight excluding hydrogens is 178 g/mol. The summed E-state index contributed by atoms with van der Waals surface area (Å²) in [5.74, 6) is 0.509. The Bertz CT molecular complexity index is 341. The van der Waals surface area contributed by atoms with Crippen molar-refractivity contribution in [2.24, 2.45) is 5.73 Å². The highest BCUT2D eigenvalue weighted by Gasteiger charge is 2.18. The first kappa shape index (κ1) is 10.8. The van der Waals surface area contributed by atoms with Gasteiger partial charge in [0.2, 0.25) is 0 Å². The Kier molecular flexibility index (Phi) is 2.96. The van der Waals surface area contributed by atoms with Gasteiger partial charge in [-0.25, -0.2) is 9.97 Å². The minimum Gasteiger partial charge on any atom is -0.324 e. The molecule has 2 N–H and O–H groups in total. The number of carbonyl (C=O) groups excluding carboxylic acids is 1. The standard InChI is InChI=1S/C10H15N3O/c1-10(2,3)9-12-5-4-7(13-9)8(14)6-11/h4-5H,6,11H2,1-3H3. The Hall–Kier alpha value is -1.29. The lowest BCUT2D eigenvalue weighted by molar-refractivity contribution is 0.0996. The molecule has 0 spiro atoms. The van der Waals surface area contributed by atoms with Gasteiger partial charge in [0.25, 0.3) is 0 Å². The third-order valence-electron chi connectivity index (χ3n) is 1.80. The number of ketones is 1. The molecule has 0 radical (unpaired) electrons. The Morgan fingerprint density at radius 2 is 2.14 bits per heavy atom. The van der Waals surface area contributed by atoms with E-state index in [0.29, 0.717) is 11.5 Å². The van der Waals surface area contributed by atoms with Crippen molar-refractivity contribution in [2.75, 3.05) is 6.54 Å². The predicted molar refractivity (Wildman–Crippen MR) is 54.1 cm³/mol. The number of carbonyl (C=O) groups is 1. The molecule has 0 saturated carbocycles. The largest absolute Gasteiger partial charge is 0.324 e. The van der Waals surface area contributed by atoms with Gasteiger partial charge in [-0.15, -0.1) is 0 Å². The van der Waals surface area contributed by atoms with Gasteiger partial charge in [-0.1, -0.05) is 20.8 Å². The van der Waals surface area contributed by atoms with Crippen LogP contribution in [0.15, 0.2) is 12.3 Å². The number of nitrogens with zero attached hydrogens (tertiary/aromatic N) is 2. The van der Waals surface area contributed by atoms with Crippen LogP contribution >= 0.6 is 0 Å². The van der Waals surface area contributed by atoms with Crippen molar-refractivity contribution in [1.82, 2.24) is 9.97 Å². The van der Waals surface area contributed by atoms with E-state index in [1.54, 1.807) is 12.3 Å². The maximum absolute atomic E-state index is 11.3. The van der Waals surface area contributed by atoms with Crippen LogP contribution in [-0.4, -0.2) is 22.3 Å². The molecule has 0 aliphatic carbocycles. The number of Topliss-reactive ketones (excluding diaryl/α,β-unsaturated/α-hetero) is 1. The van der Waals surface area contributed by atoms with Crippen LogP contribution in [0.1, 0.15) is 37.1 Å². The summed E-state index contributed by atoms with van der Waals surface area (Å²) in [7, 11) is 0. The van der Waals surface area contributed by atoms with Crippen LogP contribution in [-0.2, 0) is 5.41 Å². The fourth-order valence-electron chi connectivity index (χ4n) is 0.980. The molecule has 0 atom stereocenters. The van der Waals surface area contributed by atoms with E-state index in [1.807, 2.05) is 20.8 Å². The number of rotatable bonds is 2. The van der Waals surface area contributed by atoms with Gasteiger partial charge in [0, 0.05) is 11.6 Å². The number of hydrogen-bond donors (Lipinski definition) is 1. The smallest absolute Gasteiger partial charge is 0.194 e. The lowest BCUT2D eigenvalue weighted by Gasteiger charge is -2.16. The second-order valence-electron chi connectivity index (χ2n) is 4.14. The Labute approximate surface area is 83.6 Å². The van der Waals surface area contributed by atoms with E-state index in [-0.39, 0.29) is 17.7 Å². The molecule has 76 valence electrons. The highest BCUT2D eigenvalue weighted by Crippen LogP contribution is 2.17. The van der Waals surface area contributed by atoms with E-state index < -0.39 is 0 Å². The van der Waals surface area contributed by atoms with Crippen LogP contribution < -0.4 is 5.73 Å². The quantitative estimate of drug-likeness (QED) is 0.709. The summed E-state index contributed by atoms with van der Waals surface area (Å²) in [5, 5.41) is 0. The van der Waals surface area contributed by atoms with Gasteiger partial charge in [0.15, 0.2) is 5.78 Å². The lowest BCUT2D eigenvalue weighted by Crippen LogP contribution is -2.20. The monoisotopic (exact) mass is 193 g/mol. The van der Waals surface area contributed by atoms with Crippen LogP contribution in [0, 0.1) is 0 Å². The Balaban J connectivity index is 3.08. The summed E-state index contributed by atoms with van der Waals surface area (Å²) in [6, 6.07) is 1.59. The van der Waals surface area contributed by atoms with Crippen molar-refractivity contribution in [3.8, 4) is 0 Å². The number of nitrogens with two attached hydrogens (primary N) is 1. The molecule has 14 heavy (non-hydrogen) atoms. The zero-order chi connectivity index (χ0) is 10.8. The molecule has 4 nitrogen and oxygen atoms in total. The van der Waals surface area contributed by atoms with Gasteiger partial charge in [-0.05, 0) is 6.07 Å². The second kappa shape index (κ2) is 3.84. The summed E-state index contributed by atoms with van der Waals surface area (Å²) in [5.41, 5.74) is 5.50. The first-order valence-electron chi connectivity index (χ1n) is 4.52. The van der Waals surface area contributed by atoms with Crippen LogP contribution in [0.25, 0.3) is 0 Å². The van der Waals surface area contributed by atoms with Gasteiger partial charge in [0.05, 0.1) is 6.54 Å². The average Bonchev–Trinajstić information content (AvgIpc) is 2.15. The number of aromatic nitrogens is 2. The third-order valence-corrected chi connectivity index (χ3v) is 1.80. The van der Waals surface area contributed by atoms with Crippen molar-refractivity contribution in [3.05, 3.63) is 23.8 Å². The molecule has 1 heterocycles. The minimum atomic E-state index is -0.155.